The predicted octanol–water partition coefficient (Wildman–Crippen LogP) is 1.93. The SMILES string of the molecule is CC1CN2CCCC2CN1CCCNC(C)(C)C. The van der Waals surface area contributed by atoms with E-state index in [-0.39, 0.29) is 5.54 Å². The summed E-state index contributed by atoms with van der Waals surface area (Å²) in [4.78, 5) is 5.41. The lowest BCUT2D eigenvalue weighted by Gasteiger charge is -2.42. The number of piperazine rings is 1. The van der Waals surface area contributed by atoms with E-state index in [9.17, 15) is 0 Å². The third-order valence-electron chi connectivity index (χ3n) is 4.34. The first kappa shape index (κ1) is 14.3. The van der Waals surface area contributed by atoms with E-state index in [0.29, 0.717) is 0 Å². The number of hydrogen-bond acceptors (Lipinski definition) is 3. The van der Waals surface area contributed by atoms with Gasteiger partial charge in [-0.25, -0.2) is 0 Å². The molecule has 2 saturated heterocycles. The number of rotatable bonds is 4. The largest absolute Gasteiger partial charge is 0.312 e. The minimum Gasteiger partial charge on any atom is -0.312 e. The van der Waals surface area contributed by atoms with Gasteiger partial charge in [-0.2, -0.15) is 0 Å². The molecule has 2 aliphatic heterocycles. The Hall–Kier alpha value is -0.120. The van der Waals surface area contributed by atoms with E-state index in [4.69, 9.17) is 0 Å². The fourth-order valence-corrected chi connectivity index (χ4v) is 3.30. The van der Waals surface area contributed by atoms with Gasteiger partial charge in [-0.3, -0.25) is 9.80 Å². The van der Waals surface area contributed by atoms with Crippen LogP contribution in [-0.2, 0) is 0 Å². The molecule has 2 atom stereocenters. The highest BCUT2D eigenvalue weighted by Crippen LogP contribution is 2.24. The summed E-state index contributed by atoms with van der Waals surface area (Å²) in [5.74, 6) is 0. The Morgan fingerprint density at radius 1 is 1.22 bits per heavy atom. The van der Waals surface area contributed by atoms with Gasteiger partial charge < -0.3 is 5.32 Å². The lowest BCUT2D eigenvalue weighted by Crippen LogP contribution is -2.55. The molecule has 1 N–H and O–H groups in total. The van der Waals surface area contributed by atoms with Crippen LogP contribution in [0, 0.1) is 0 Å². The zero-order valence-corrected chi connectivity index (χ0v) is 12.7. The Balaban J connectivity index is 1.69. The maximum atomic E-state index is 3.59. The summed E-state index contributed by atoms with van der Waals surface area (Å²) >= 11 is 0. The van der Waals surface area contributed by atoms with Crippen molar-refractivity contribution in [3.05, 3.63) is 0 Å². The van der Waals surface area contributed by atoms with Gasteiger partial charge in [-0.1, -0.05) is 0 Å². The zero-order chi connectivity index (χ0) is 13.2. The molecule has 0 aromatic carbocycles. The van der Waals surface area contributed by atoms with Crippen LogP contribution in [0.3, 0.4) is 0 Å². The maximum Gasteiger partial charge on any atom is 0.0224 e. The van der Waals surface area contributed by atoms with Gasteiger partial charge in [-0.15, -0.1) is 0 Å². The number of nitrogens with one attached hydrogen (secondary N) is 1. The molecule has 0 bridgehead atoms. The van der Waals surface area contributed by atoms with Crippen LogP contribution in [0.15, 0.2) is 0 Å². The summed E-state index contributed by atoms with van der Waals surface area (Å²) in [6.45, 7) is 15.5. The van der Waals surface area contributed by atoms with Gasteiger partial charge in [0.1, 0.15) is 0 Å². The summed E-state index contributed by atoms with van der Waals surface area (Å²) in [6, 6.07) is 1.60. The quantitative estimate of drug-likeness (QED) is 0.773. The molecule has 2 rings (SSSR count). The van der Waals surface area contributed by atoms with Gasteiger partial charge in [-0.05, 0) is 66.6 Å². The van der Waals surface area contributed by atoms with Crippen molar-refractivity contribution < 1.29 is 0 Å². The molecule has 3 nitrogen and oxygen atoms in total. The molecule has 2 aliphatic rings. The molecular weight excluding hydrogens is 222 g/mol. The molecule has 18 heavy (non-hydrogen) atoms. The first-order valence-corrected chi connectivity index (χ1v) is 7.69. The Kier molecular flexibility index (Phi) is 4.68. The molecule has 0 amide bonds. The monoisotopic (exact) mass is 253 g/mol. The van der Waals surface area contributed by atoms with Crippen molar-refractivity contribution in [2.75, 3.05) is 32.7 Å². The summed E-state index contributed by atoms with van der Waals surface area (Å²) in [5.41, 5.74) is 0.260. The summed E-state index contributed by atoms with van der Waals surface area (Å²) in [5, 5.41) is 3.59. The van der Waals surface area contributed by atoms with Gasteiger partial charge in [0.2, 0.25) is 0 Å². The van der Waals surface area contributed by atoms with E-state index < -0.39 is 0 Å². The van der Waals surface area contributed by atoms with Crippen LogP contribution in [0.2, 0.25) is 0 Å². The van der Waals surface area contributed by atoms with Gasteiger partial charge in [0, 0.05) is 30.7 Å². The molecule has 106 valence electrons. The third-order valence-corrected chi connectivity index (χ3v) is 4.34. The van der Waals surface area contributed by atoms with Crippen LogP contribution in [0.5, 0.6) is 0 Å². The molecule has 0 aliphatic carbocycles. The fraction of sp³-hybridized carbons (Fsp3) is 1.00. The van der Waals surface area contributed by atoms with Crippen molar-refractivity contribution in [3.8, 4) is 0 Å². The summed E-state index contributed by atoms with van der Waals surface area (Å²) in [7, 11) is 0. The number of hydrogen-bond donors (Lipinski definition) is 1. The minimum atomic E-state index is 0.260. The number of fused-ring (bicyclic) bond motifs is 1. The van der Waals surface area contributed by atoms with Crippen LogP contribution in [0.1, 0.15) is 47.0 Å². The first-order chi connectivity index (χ1) is 8.46. The van der Waals surface area contributed by atoms with Gasteiger partial charge in [0.05, 0.1) is 0 Å². The molecule has 3 heteroatoms. The third kappa shape index (κ3) is 3.94. The van der Waals surface area contributed by atoms with E-state index in [1.54, 1.807) is 0 Å². The second-order valence-electron chi connectivity index (χ2n) is 7.17. The van der Waals surface area contributed by atoms with Gasteiger partial charge in [0.25, 0.3) is 0 Å². The normalized spacial score (nSPS) is 30.7. The predicted molar refractivity (Wildman–Crippen MR) is 78.0 cm³/mol. The molecule has 0 aromatic rings. The zero-order valence-electron chi connectivity index (χ0n) is 12.7. The van der Waals surface area contributed by atoms with Crippen LogP contribution in [0.25, 0.3) is 0 Å². The average Bonchev–Trinajstić information content (AvgIpc) is 2.70. The molecule has 2 fully saturated rings. The second-order valence-corrected chi connectivity index (χ2v) is 7.17. The van der Waals surface area contributed by atoms with Gasteiger partial charge in [0.15, 0.2) is 0 Å². The van der Waals surface area contributed by atoms with Crippen molar-refractivity contribution >= 4 is 0 Å². The smallest absolute Gasteiger partial charge is 0.0224 e. The van der Waals surface area contributed by atoms with E-state index in [2.05, 4.69) is 42.8 Å². The molecule has 2 heterocycles. The highest BCUT2D eigenvalue weighted by molar-refractivity contribution is 4.90. The molecular formula is C15H31N3. The Morgan fingerprint density at radius 2 is 2.00 bits per heavy atom. The van der Waals surface area contributed by atoms with E-state index >= 15 is 0 Å². The Bertz CT molecular complexity index is 259. The standard InChI is InChI=1S/C15H31N3/c1-13-11-18-9-5-7-14(18)12-17(13)10-6-8-16-15(2,3)4/h13-14,16H,5-12H2,1-4H3. The fourth-order valence-electron chi connectivity index (χ4n) is 3.30. The molecule has 0 saturated carbocycles. The van der Waals surface area contributed by atoms with E-state index in [1.807, 2.05) is 0 Å². The van der Waals surface area contributed by atoms with Crippen molar-refractivity contribution in [2.24, 2.45) is 0 Å². The van der Waals surface area contributed by atoms with Crippen LogP contribution in [-0.4, -0.2) is 60.1 Å². The summed E-state index contributed by atoms with van der Waals surface area (Å²) < 4.78 is 0. The molecule has 0 spiro atoms. The van der Waals surface area contributed by atoms with Crippen LogP contribution < -0.4 is 5.32 Å². The van der Waals surface area contributed by atoms with E-state index in [0.717, 1.165) is 18.6 Å². The highest BCUT2D eigenvalue weighted by Gasteiger charge is 2.33. The van der Waals surface area contributed by atoms with Crippen molar-refractivity contribution in [2.45, 2.75) is 64.6 Å². The van der Waals surface area contributed by atoms with Crippen molar-refractivity contribution in [1.82, 2.24) is 15.1 Å². The van der Waals surface area contributed by atoms with Crippen molar-refractivity contribution in [3.63, 3.8) is 0 Å². The maximum absolute atomic E-state index is 3.59. The molecule has 0 aromatic heterocycles. The minimum absolute atomic E-state index is 0.260. The number of nitrogens with zero attached hydrogens (tertiary/aromatic N) is 2. The lowest BCUT2D eigenvalue weighted by atomic mass is 10.1. The summed E-state index contributed by atoms with van der Waals surface area (Å²) in [6.07, 6.45) is 4.11. The van der Waals surface area contributed by atoms with Crippen molar-refractivity contribution in [1.29, 1.82) is 0 Å². The Labute approximate surface area is 113 Å². The van der Waals surface area contributed by atoms with Gasteiger partial charge >= 0.3 is 0 Å². The highest BCUT2D eigenvalue weighted by atomic mass is 15.3. The topological polar surface area (TPSA) is 18.5 Å². The Morgan fingerprint density at radius 3 is 2.72 bits per heavy atom. The first-order valence-electron chi connectivity index (χ1n) is 7.69. The van der Waals surface area contributed by atoms with Crippen LogP contribution >= 0.6 is 0 Å². The molecule has 2 unspecified atom stereocenters. The lowest BCUT2D eigenvalue weighted by molar-refractivity contribution is 0.0585. The van der Waals surface area contributed by atoms with E-state index in [1.165, 1.54) is 45.4 Å². The van der Waals surface area contributed by atoms with Crippen LogP contribution in [0.4, 0.5) is 0 Å². The second kappa shape index (κ2) is 5.89. The molecule has 0 radical (unpaired) electrons. The average molecular weight is 253 g/mol.